The highest BCUT2D eigenvalue weighted by molar-refractivity contribution is 6.63. The monoisotopic (exact) mass is 290 g/mol. The van der Waals surface area contributed by atoms with E-state index in [1.54, 1.807) is 15.9 Å². The van der Waals surface area contributed by atoms with Crippen molar-refractivity contribution in [2.75, 3.05) is 0 Å². The molecule has 0 radical (unpaired) electrons. The van der Waals surface area contributed by atoms with E-state index >= 15 is 0 Å². The molecule has 0 bridgehead atoms. The predicted octanol–water partition coefficient (Wildman–Crippen LogP) is 3.80. The molecule has 0 fully saturated rings. The average Bonchev–Trinajstić information content (AvgIpc) is 2.99. The van der Waals surface area contributed by atoms with E-state index < -0.39 is 0 Å². The molecule has 2 aromatic carbocycles. The SMILES string of the molecule is CCCc1ccccc1[SiH2]C1=C(c2ccccc2)C=CC1. The fourth-order valence-corrected chi connectivity index (χ4v) is 5.16. The summed E-state index contributed by atoms with van der Waals surface area (Å²) in [7, 11) is -0.358. The highest BCUT2D eigenvalue weighted by Gasteiger charge is 2.13. The maximum Gasteiger partial charge on any atom is 0.0839 e. The molecule has 0 heterocycles. The van der Waals surface area contributed by atoms with Crippen molar-refractivity contribution >= 4 is 20.3 Å². The minimum atomic E-state index is -0.358. The van der Waals surface area contributed by atoms with E-state index in [2.05, 4.69) is 73.7 Å². The molecule has 1 aliphatic rings. The molecule has 0 spiro atoms. The van der Waals surface area contributed by atoms with Crippen LogP contribution in [0.2, 0.25) is 0 Å². The summed E-state index contributed by atoms with van der Waals surface area (Å²) in [6.45, 7) is 2.27. The van der Waals surface area contributed by atoms with Crippen molar-refractivity contribution in [3.8, 4) is 0 Å². The minimum absolute atomic E-state index is 0.358. The molecule has 1 heteroatoms. The predicted molar refractivity (Wildman–Crippen MR) is 95.7 cm³/mol. The molecule has 0 aliphatic heterocycles. The van der Waals surface area contributed by atoms with Gasteiger partial charge in [-0.3, -0.25) is 0 Å². The number of benzene rings is 2. The second kappa shape index (κ2) is 6.73. The van der Waals surface area contributed by atoms with Crippen LogP contribution in [0.15, 0.2) is 71.9 Å². The zero-order chi connectivity index (χ0) is 14.5. The molecule has 21 heavy (non-hydrogen) atoms. The normalized spacial score (nSPS) is 14.5. The molecule has 106 valence electrons. The Labute approximate surface area is 130 Å². The molecule has 0 saturated carbocycles. The molecule has 2 aromatic rings. The third kappa shape index (κ3) is 3.25. The fraction of sp³-hybridized carbons (Fsp3) is 0.200. The van der Waals surface area contributed by atoms with Crippen molar-refractivity contribution in [1.82, 2.24) is 0 Å². The van der Waals surface area contributed by atoms with Gasteiger partial charge in [0.25, 0.3) is 0 Å². The number of hydrogen-bond acceptors (Lipinski definition) is 0. The fourth-order valence-electron chi connectivity index (χ4n) is 3.11. The highest BCUT2D eigenvalue weighted by Crippen LogP contribution is 2.27. The second-order valence-electron chi connectivity index (χ2n) is 5.69. The number of allylic oxidation sites excluding steroid dienone is 4. The summed E-state index contributed by atoms with van der Waals surface area (Å²) in [5, 5.41) is 3.32. The Hall–Kier alpha value is -1.86. The highest BCUT2D eigenvalue weighted by atomic mass is 28.2. The lowest BCUT2D eigenvalue weighted by Gasteiger charge is -2.11. The summed E-state index contributed by atoms with van der Waals surface area (Å²) in [6.07, 6.45) is 8.24. The molecular formula is C20H22Si. The lowest BCUT2D eigenvalue weighted by Crippen LogP contribution is -2.21. The zero-order valence-electron chi connectivity index (χ0n) is 12.7. The maximum absolute atomic E-state index is 2.35. The van der Waals surface area contributed by atoms with Crippen LogP contribution in [0.1, 0.15) is 30.9 Å². The third-order valence-electron chi connectivity index (χ3n) is 4.16. The molecule has 0 atom stereocenters. The van der Waals surface area contributed by atoms with Gasteiger partial charge in [-0.15, -0.1) is 0 Å². The maximum atomic E-state index is 2.35. The largest absolute Gasteiger partial charge is 0.0839 e. The smallest absolute Gasteiger partial charge is 0.0802 e. The van der Waals surface area contributed by atoms with Gasteiger partial charge in [0.2, 0.25) is 0 Å². The summed E-state index contributed by atoms with van der Waals surface area (Å²) in [5.41, 5.74) is 4.42. The Morgan fingerprint density at radius 1 is 0.952 bits per heavy atom. The standard InChI is InChI=1S/C20H22Si/c1-2-9-17-12-6-7-14-19(17)21-20-15-8-13-18(20)16-10-4-3-5-11-16/h3-8,10-14H,2,9,15,21H2,1H3. The molecule has 0 saturated heterocycles. The van der Waals surface area contributed by atoms with Crippen molar-refractivity contribution in [3.63, 3.8) is 0 Å². The van der Waals surface area contributed by atoms with Gasteiger partial charge in [0.15, 0.2) is 0 Å². The summed E-state index contributed by atoms with van der Waals surface area (Å²) in [4.78, 5) is 0. The van der Waals surface area contributed by atoms with Crippen molar-refractivity contribution in [3.05, 3.63) is 83.1 Å². The first-order valence-electron chi connectivity index (χ1n) is 7.89. The van der Waals surface area contributed by atoms with Crippen LogP contribution in [0, 0.1) is 0 Å². The molecule has 1 aliphatic carbocycles. The first kappa shape index (κ1) is 14.1. The van der Waals surface area contributed by atoms with Gasteiger partial charge in [0, 0.05) is 0 Å². The van der Waals surface area contributed by atoms with Crippen molar-refractivity contribution in [1.29, 1.82) is 0 Å². The Kier molecular flexibility index (Phi) is 4.51. The van der Waals surface area contributed by atoms with E-state index in [0.717, 1.165) is 6.42 Å². The number of rotatable bonds is 5. The van der Waals surface area contributed by atoms with Gasteiger partial charge in [0.05, 0.1) is 9.52 Å². The molecule has 3 rings (SSSR count). The van der Waals surface area contributed by atoms with Crippen molar-refractivity contribution in [2.24, 2.45) is 0 Å². The van der Waals surface area contributed by atoms with Crippen LogP contribution in [0.25, 0.3) is 5.57 Å². The summed E-state index contributed by atoms with van der Waals surface area (Å²) in [6, 6.07) is 19.9. The van der Waals surface area contributed by atoms with Gasteiger partial charge >= 0.3 is 0 Å². The molecule has 0 aromatic heterocycles. The van der Waals surface area contributed by atoms with Crippen LogP contribution in [-0.2, 0) is 6.42 Å². The Balaban J connectivity index is 1.91. The number of aryl methyl sites for hydroxylation is 1. The third-order valence-corrected chi connectivity index (χ3v) is 6.32. The average molecular weight is 290 g/mol. The van der Waals surface area contributed by atoms with Gasteiger partial charge in [-0.05, 0) is 29.5 Å². The molecule has 0 N–H and O–H groups in total. The second-order valence-corrected chi connectivity index (χ2v) is 7.65. The molecular weight excluding hydrogens is 268 g/mol. The lowest BCUT2D eigenvalue weighted by atomic mass is 10.1. The molecule has 0 unspecified atom stereocenters. The van der Waals surface area contributed by atoms with E-state index in [-0.39, 0.29) is 9.52 Å². The van der Waals surface area contributed by atoms with E-state index in [4.69, 9.17) is 0 Å². The van der Waals surface area contributed by atoms with Crippen LogP contribution in [0.3, 0.4) is 0 Å². The first-order valence-corrected chi connectivity index (χ1v) is 9.30. The van der Waals surface area contributed by atoms with Crippen LogP contribution in [-0.4, -0.2) is 9.52 Å². The van der Waals surface area contributed by atoms with Crippen LogP contribution in [0.5, 0.6) is 0 Å². The van der Waals surface area contributed by atoms with E-state index in [1.165, 1.54) is 24.0 Å². The van der Waals surface area contributed by atoms with Gasteiger partial charge in [-0.1, -0.05) is 90.5 Å². The summed E-state index contributed by atoms with van der Waals surface area (Å²) in [5.74, 6) is 0. The minimum Gasteiger partial charge on any atom is -0.0802 e. The summed E-state index contributed by atoms with van der Waals surface area (Å²) >= 11 is 0. The zero-order valence-corrected chi connectivity index (χ0v) is 14.1. The van der Waals surface area contributed by atoms with Crippen molar-refractivity contribution < 1.29 is 0 Å². The topological polar surface area (TPSA) is 0 Å². The Morgan fingerprint density at radius 2 is 1.71 bits per heavy atom. The van der Waals surface area contributed by atoms with Crippen molar-refractivity contribution in [2.45, 2.75) is 26.2 Å². The van der Waals surface area contributed by atoms with E-state index in [1.807, 2.05) is 0 Å². The van der Waals surface area contributed by atoms with Crippen LogP contribution >= 0.6 is 0 Å². The quantitative estimate of drug-likeness (QED) is 0.735. The lowest BCUT2D eigenvalue weighted by molar-refractivity contribution is 0.927. The van der Waals surface area contributed by atoms with Crippen LogP contribution in [0.4, 0.5) is 0 Å². The molecule has 0 amide bonds. The van der Waals surface area contributed by atoms with E-state index in [0.29, 0.717) is 0 Å². The number of hydrogen-bond donors (Lipinski definition) is 0. The van der Waals surface area contributed by atoms with Crippen LogP contribution < -0.4 is 5.19 Å². The summed E-state index contributed by atoms with van der Waals surface area (Å²) < 4.78 is 0. The van der Waals surface area contributed by atoms with Gasteiger partial charge in [-0.2, -0.15) is 0 Å². The van der Waals surface area contributed by atoms with Gasteiger partial charge in [-0.25, -0.2) is 0 Å². The van der Waals surface area contributed by atoms with Gasteiger partial charge in [0.1, 0.15) is 0 Å². The van der Waals surface area contributed by atoms with E-state index in [9.17, 15) is 0 Å². The first-order chi connectivity index (χ1) is 10.4. The Morgan fingerprint density at radius 3 is 2.52 bits per heavy atom. The van der Waals surface area contributed by atoms with Gasteiger partial charge < -0.3 is 0 Å². The Bertz CT molecular complexity index is 665. The molecule has 0 nitrogen and oxygen atoms in total.